The van der Waals surface area contributed by atoms with E-state index in [9.17, 15) is 43.2 Å². The molecule has 60 heavy (non-hydrogen) atoms. The van der Waals surface area contributed by atoms with E-state index in [0.717, 1.165) is 30.3 Å². The average molecular weight is 889 g/mol. The Bertz CT molecular complexity index is 2070. The minimum atomic E-state index is -5.00. The number of hydrogen-bond acceptors (Lipinski definition) is 16. The van der Waals surface area contributed by atoms with E-state index in [1.807, 2.05) is 0 Å². The average Bonchev–Trinajstić information content (AvgIpc) is 3.91. The third kappa shape index (κ3) is 13.6. The number of carbonyl (C=O) groups is 2. The molecular weight excluding hydrogens is 834 g/mol. The molecule has 8 atom stereocenters. The molecule has 0 saturated carbocycles. The predicted molar refractivity (Wildman–Crippen MR) is 209 cm³/mol. The first-order valence-corrected chi connectivity index (χ1v) is 22.6. The molecule has 23 nitrogen and oxygen atoms in total. The Kier molecular flexibility index (Phi) is 16.7. The van der Waals surface area contributed by atoms with Crippen molar-refractivity contribution in [2.45, 2.75) is 129 Å². The number of rotatable bonds is 23. The smallest absolute Gasteiger partial charge is 0.390 e. The molecule has 2 amide bonds. The number of hydrogen-bond donors (Lipinski definition) is 6. The molecule has 5 rings (SSSR count). The minimum Gasteiger partial charge on any atom is -0.390 e. The number of nitrogens with zero attached hydrogens (tertiary/aromatic N) is 5. The zero-order valence-corrected chi connectivity index (χ0v) is 35.5. The highest BCUT2D eigenvalue weighted by Crippen LogP contribution is 2.50. The number of nitrogens with one attached hydrogen (secondary N) is 3. The lowest BCUT2D eigenvalue weighted by Crippen LogP contribution is -2.42. The summed E-state index contributed by atoms with van der Waals surface area (Å²) in [5.41, 5.74) is -0.789. The third-order valence-corrected chi connectivity index (χ3v) is 11.8. The number of aromatic amines is 1. The third-order valence-electron chi connectivity index (χ3n) is 9.84. The molecule has 334 valence electrons. The summed E-state index contributed by atoms with van der Waals surface area (Å²) in [6.07, 6.45) is 3.21. The highest BCUT2D eigenvalue weighted by Gasteiger charge is 2.45. The summed E-state index contributed by atoms with van der Waals surface area (Å²) >= 11 is 0. The van der Waals surface area contributed by atoms with Crippen LogP contribution in [0.4, 0.5) is 0 Å². The molecule has 25 heteroatoms. The van der Waals surface area contributed by atoms with Crippen LogP contribution in [-0.2, 0) is 59.4 Å². The summed E-state index contributed by atoms with van der Waals surface area (Å²) in [6.45, 7) is 8.10. The second-order valence-corrected chi connectivity index (χ2v) is 17.5. The van der Waals surface area contributed by atoms with Crippen LogP contribution < -0.4 is 21.9 Å². The maximum absolute atomic E-state index is 13.3. The van der Waals surface area contributed by atoms with Crippen LogP contribution in [0.25, 0.3) is 0 Å². The molecule has 2 aromatic heterocycles. The van der Waals surface area contributed by atoms with E-state index < -0.39 is 83.6 Å². The normalized spacial score (nSPS) is 25.2. The maximum Gasteiger partial charge on any atom is 0.472 e. The van der Waals surface area contributed by atoms with Gasteiger partial charge < -0.3 is 39.9 Å². The van der Waals surface area contributed by atoms with Crippen molar-refractivity contribution >= 4 is 27.5 Å². The van der Waals surface area contributed by atoms with Crippen LogP contribution in [0.1, 0.15) is 89.1 Å². The number of H-pyrrole nitrogens is 1. The molecule has 5 heterocycles. The Hall–Kier alpha value is -3.86. The summed E-state index contributed by atoms with van der Waals surface area (Å²) in [7, 11) is -9.84. The van der Waals surface area contributed by atoms with Gasteiger partial charge in [0.05, 0.1) is 25.5 Å². The zero-order chi connectivity index (χ0) is 43.6. The first-order valence-electron chi connectivity index (χ1n) is 19.6. The number of aliphatic hydroxyl groups excluding tert-OH is 1. The first kappa shape index (κ1) is 47.2. The number of unbranched alkanes of at least 4 members (excludes halogenated alkanes) is 4. The fourth-order valence-corrected chi connectivity index (χ4v) is 8.21. The van der Waals surface area contributed by atoms with E-state index in [0.29, 0.717) is 25.1 Å². The predicted octanol–water partition coefficient (Wildman–Crippen LogP) is 1.71. The van der Waals surface area contributed by atoms with Crippen molar-refractivity contribution in [2.24, 2.45) is 0 Å². The number of phosphoric ester groups is 2. The van der Waals surface area contributed by atoms with Gasteiger partial charge in [-0.3, -0.25) is 46.7 Å². The molecule has 0 bridgehead atoms. The van der Waals surface area contributed by atoms with Crippen LogP contribution in [0, 0.1) is 6.92 Å². The van der Waals surface area contributed by atoms with Gasteiger partial charge in [-0.25, -0.2) is 13.9 Å². The van der Waals surface area contributed by atoms with Gasteiger partial charge in [0.1, 0.15) is 48.9 Å². The lowest BCUT2D eigenvalue weighted by Gasteiger charge is -2.32. The van der Waals surface area contributed by atoms with Crippen LogP contribution in [0.3, 0.4) is 0 Å². The number of phosphoric acid groups is 2. The molecule has 2 fully saturated rings. The Morgan fingerprint density at radius 3 is 2.47 bits per heavy atom. The van der Waals surface area contributed by atoms with E-state index in [1.165, 1.54) is 41.5 Å². The first-order chi connectivity index (χ1) is 28.4. The molecular formula is C35H54N8O15P2. The van der Waals surface area contributed by atoms with Gasteiger partial charge in [-0.2, -0.15) is 0 Å². The van der Waals surface area contributed by atoms with Crippen molar-refractivity contribution in [1.82, 2.24) is 40.1 Å². The summed E-state index contributed by atoms with van der Waals surface area (Å²) in [4.78, 5) is 73.6. The number of aromatic nitrogens is 5. The lowest BCUT2D eigenvalue weighted by atomic mass is 10.1. The maximum atomic E-state index is 13.3. The van der Waals surface area contributed by atoms with Gasteiger partial charge in [0.25, 0.3) is 11.5 Å². The fourth-order valence-electron chi connectivity index (χ4n) is 6.55. The fraction of sp³-hybridized carbons (Fsp3) is 0.657. The van der Waals surface area contributed by atoms with Gasteiger partial charge in [0, 0.05) is 55.9 Å². The standard InChI is InChI=1S/C35H54N8O15P2/c1-5-6-7-8-9-12-36-30(45)11-10-13-41-18-25(39-40-41)19-53-59(49,50)54-21-29-27(15-32(57-29)43-17-23(3)34(47)38-35(43)48)58-60(51,52)55-20-28-26(44)14-31(56-28)42-16-22(2)33(46)37-24(42)4/h16-18,26-29,31-32,44H,4-15,19-21H2,1-3H3,(H,36,45)(H,37,46)(H,49,50)(H,51,52)(H,38,47,48)/t26?,27?,28-,29-,31-,32-/m1/s1. The zero-order valence-electron chi connectivity index (χ0n) is 33.7. The molecule has 3 aliphatic rings. The number of carbonyl (C=O) groups excluding carboxylic acids is 2. The highest BCUT2D eigenvalue weighted by molar-refractivity contribution is 7.47. The summed E-state index contributed by atoms with van der Waals surface area (Å²) in [5, 5.41) is 24.0. The quantitative estimate of drug-likeness (QED) is 0.0684. The molecule has 2 saturated heterocycles. The second kappa shape index (κ2) is 21.3. The van der Waals surface area contributed by atoms with E-state index >= 15 is 0 Å². The van der Waals surface area contributed by atoms with Crippen molar-refractivity contribution in [2.75, 3.05) is 19.8 Å². The lowest BCUT2D eigenvalue weighted by molar-refractivity contribution is -0.121. The Morgan fingerprint density at radius 2 is 1.70 bits per heavy atom. The van der Waals surface area contributed by atoms with Crippen molar-refractivity contribution in [3.05, 3.63) is 68.7 Å². The summed E-state index contributed by atoms with van der Waals surface area (Å²) in [5.74, 6) is -0.202. The highest BCUT2D eigenvalue weighted by atomic mass is 31.2. The largest absolute Gasteiger partial charge is 0.472 e. The van der Waals surface area contributed by atoms with Crippen molar-refractivity contribution in [1.29, 1.82) is 0 Å². The SMILES string of the molecule is C=C1NC(=O)C(C)=CN1[C@H]1CC(O)[C@@H](COP(=O)(O)OC2C[C@H](n3cc(C)c(=O)[nH]c3=O)O[C@@H]2COP(=O)(O)OCc2cn(CCCC(=O)NCCCCCCC)nn2)O1. The number of ether oxygens (including phenoxy) is 2. The van der Waals surface area contributed by atoms with E-state index in [-0.39, 0.29) is 48.2 Å². The minimum absolute atomic E-state index is 0.0371. The molecule has 3 aliphatic heterocycles. The molecule has 0 aromatic carbocycles. The van der Waals surface area contributed by atoms with E-state index in [1.54, 1.807) is 6.92 Å². The van der Waals surface area contributed by atoms with Gasteiger partial charge in [-0.05, 0) is 26.7 Å². The number of amides is 2. The molecule has 0 aliphatic carbocycles. The van der Waals surface area contributed by atoms with Crippen LogP contribution in [0.15, 0.2) is 46.2 Å². The molecule has 0 radical (unpaired) electrons. The van der Waals surface area contributed by atoms with Gasteiger partial charge in [0.2, 0.25) is 5.91 Å². The summed E-state index contributed by atoms with van der Waals surface area (Å²) in [6, 6.07) is 0. The summed E-state index contributed by atoms with van der Waals surface area (Å²) < 4.78 is 61.3. The van der Waals surface area contributed by atoms with E-state index in [2.05, 4.69) is 39.4 Å². The molecule has 0 spiro atoms. The second-order valence-electron chi connectivity index (χ2n) is 14.7. The van der Waals surface area contributed by atoms with Gasteiger partial charge in [-0.15, -0.1) is 5.10 Å². The van der Waals surface area contributed by atoms with Crippen LogP contribution in [0.2, 0.25) is 0 Å². The molecule has 4 unspecified atom stereocenters. The topological polar surface area (TPSA) is 297 Å². The Labute approximate surface area is 345 Å². The van der Waals surface area contributed by atoms with Crippen LogP contribution in [-0.4, -0.2) is 107 Å². The Morgan fingerprint density at radius 1 is 0.983 bits per heavy atom. The Balaban J connectivity index is 1.14. The van der Waals surface area contributed by atoms with Crippen LogP contribution >= 0.6 is 15.6 Å². The van der Waals surface area contributed by atoms with Gasteiger partial charge in [-0.1, -0.05) is 44.4 Å². The van der Waals surface area contributed by atoms with Crippen LogP contribution in [0.5, 0.6) is 0 Å². The van der Waals surface area contributed by atoms with Gasteiger partial charge in [0.15, 0.2) is 0 Å². The monoisotopic (exact) mass is 888 g/mol. The van der Waals surface area contributed by atoms with Crippen molar-refractivity contribution < 1.29 is 61.2 Å². The number of aryl methyl sites for hydroxylation is 2. The number of aliphatic hydroxyl groups is 1. The molecule has 6 N–H and O–H groups in total. The molecule has 2 aromatic rings. The van der Waals surface area contributed by atoms with Crippen molar-refractivity contribution in [3.63, 3.8) is 0 Å². The van der Waals surface area contributed by atoms with Crippen molar-refractivity contribution in [3.8, 4) is 0 Å². The van der Waals surface area contributed by atoms with E-state index in [4.69, 9.17) is 27.6 Å². The van der Waals surface area contributed by atoms with Gasteiger partial charge >= 0.3 is 21.3 Å².